The smallest absolute Gasteiger partial charge is 0.323 e. The Morgan fingerprint density at radius 3 is 2.47 bits per heavy atom. The summed E-state index contributed by atoms with van der Waals surface area (Å²) < 4.78 is 40.8. The first-order valence-electron chi connectivity index (χ1n) is 5.10. The molecule has 0 aliphatic rings. The molecule has 0 aromatic heterocycles. The second-order valence-corrected chi connectivity index (χ2v) is 5.22. The third-order valence-corrected chi connectivity index (χ3v) is 2.68. The molecule has 0 spiro atoms. The average Bonchev–Trinajstić information content (AvgIpc) is 2.13. The van der Waals surface area contributed by atoms with Crippen molar-refractivity contribution in [2.45, 2.75) is 32.9 Å². The minimum absolute atomic E-state index is 0.0514. The molecule has 8 heteroatoms. The van der Waals surface area contributed by atoms with E-state index in [0.29, 0.717) is 6.42 Å². The van der Waals surface area contributed by atoms with Crippen molar-refractivity contribution in [2.75, 3.05) is 12.4 Å². The van der Waals surface area contributed by atoms with Gasteiger partial charge in [-0.1, -0.05) is 6.92 Å². The Hall–Kier alpha value is -1.18. The van der Waals surface area contributed by atoms with E-state index in [1.54, 1.807) is 11.6 Å². The van der Waals surface area contributed by atoms with Gasteiger partial charge in [-0.15, -0.1) is 0 Å². The van der Waals surface area contributed by atoms with E-state index in [1.165, 1.54) is 6.92 Å². The number of halogens is 1. The van der Waals surface area contributed by atoms with Gasteiger partial charge in [0.15, 0.2) is 5.75 Å². The number of esters is 1. The van der Waals surface area contributed by atoms with Crippen molar-refractivity contribution in [1.29, 1.82) is 0 Å². The summed E-state index contributed by atoms with van der Waals surface area (Å²) in [7, 11) is -4.05. The summed E-state index contributed by atoms with van der Waals surface area (Å²) in [6.45, 7) is 2.38. The van der Waals surface area contributed by atoms with Gasteiger partial charge in [0.1, 0.15) is 12.8 Å². The number of hydrogen-bond acceptors (Lipinski definition) is 5. The fourth-order valence-electron chi connectivity index (χ4n) is 0.892. The highest BCUT2D eigenvalue weighted by Gasteiger charge is 2.20. The number of hydrogen-bond donors (Lipinski definition) is 1. The van der Waals surface area contributed by atoms with Gasteiger partial charge < -0.3 is 4.74 Å². The quantitative estimate of drug-likeness (QED) is 0.664. The maximum Gasteiger partial charge on any atom is 0.323 e. The number of carbonyl (C=O) groups is 2. The standard InChI is InChI=1S/C9H16FNO5S/c1-3-4-8(12)11-17(14,15)6-9(13)16-5-7(2)10/h7H,3-6H2,1-2H3,(H,11,12). The predicted molar refractivity (Wildman–Crippen MR) is 58.4 cm³/mol. The first-order chi connectivity index (χ1) is 7.76. The van der Waals surface area contributed by atoms with E-state index in [4.69, 9.17) is 0 Å². The number of carbonyl (C=O) groups excluding carboxylic acids is 2. The number of rotatable bonds is 7. The van der Waals surface area contributed by atoms with Gasteiger partial charge in [-0.05, 0) is 13.3 Å². The highest BCUT2D eigenvalue weighted by molar-refractivity contribution is 7.90. The topological polar surface area (TPSA) is 89.5 Å². The zero-order valence-corrected chi connectivity index (χ0v) is 10.5. The minimum Gasteiger partial charge on any atom is -0.462 e. The fraction of sp³-hybridized carbons (Fsp3) is 0.778. The van der Waals surface area contributed by atoms with Gasteiger partial charge in [0.2, 0.25) is 15.9 Å². The molecule has 100 valence electrons. The number of amides is 1. The van der Waals surface area contributed by atoms with Crippen LogP contribution in [0, 0.1) is 0 Å². The van der Waals surface area contributed by atoms with Crippen molar-refractivity contribution in [3.8, 4) is 0 Å². The lowest BCUT2D eigenvalue weighted by Crippen LogP contribution is -2.35. The van der Waals surface area contributed by atoms with Crippen molar-refractivity contribution < 1.29 is 27.1 Å². The molecule has 0 aromatic rings. The van der Waals surface area contributed by atoms with Gasteiger partial charge in [-0.3, -0.25) is 14.3 Å². The number of ether oxygens (including phenoxy) is 1. The van der Waals surface area contributed by atoms with Gasteiger partial charge in [0, 0.05) is 6.42 Å². The van der Waals surface area contributed by atoms with E-state index in [-0.39, 0.29) is 6.42 Å². The van der Waals surface area contributed by atoms with Gasteiger partial charge in [0.05, 0.1) is 0 Å². The van der Waals surface area contributed by atoms with Crippen LogP contribution in [-0.4, -0.2) is 38.8 Å². The van der Waals surface area contributed by atoms with E-state index < -0.39 is 40.4 Å². The summed E-state index contributed by atoms with van der Waals surface area (Å²) in [6.07, 6.45) is -0.822. The van der Waals surface area contributed by atoms with Gasteiger partial charge >= 0.3 is 5.97 Å². The van der Waals surface area contributed by atoms with Crippen LogP contribution in [0.3, 0.4) is 0 Å². The molecule has 0 aromatic carbocycles. The molecule has 0 aliphatic carbocycles. The lowest BCUT2D eigenvalue weighted by atomic mass is 10.3. The Morgan fingerprint density at radius 1 is 1.41 bits per heavy atom. The molecule has 1 amide bonds. The molecule has 1 atom stereocenters. The SMILES string of the molecule is CCCC(=O)NS(=O)(=O)CC(=O)OCC(C)F. The molecule has 6 nitrogen and oxygen atoms in total. The Bertz CT molecular complexity index is 366. The van der Waals surface area contributed by atoms with E-state index >= 15 is 0 Å². The van der Waals surface area contributed by atoms with Gasteiger partial charge in [-0.2, -0.15) is 0 Å². The summed E-state index contributed by atoms with van der Waals surface area (Å²) in [4.78, 5) is 22.0. The Labute approximate surface area is 99.6 Å². The van der Waals surface area contributed by atoms with Crippen LogP contribution in [-0.2, 0) is 24.3 Å². The molecule has 0 heterocycles. The molecule has 0 bridgehead atoms. The molecule has 1 unspecified atom stereocenters. The van der Waals surface area contributed by atoms with Gasteiger partial charge in [0.25, 0.3) is 0 Å². The van der Waals surface area contributed by atoms with Crippen LogP contribution in [0.1, 0.15) is 26.7 Å². The number of nitrogens with one attached hydrogen (secondary N) is 1. The van der Waals surface area contributed by atoms with E-state index in [1.807, 2.05) is 0 Å². The molecule has 0 radical (unpaired) electrons. The van der Waals surface area contributed by atoms with Crippen molar-refractivity contribution >= 4 is 21.9 Å². The molecule has 0 saturated heterocycles. The van der Waals surface area contributed by atoms with Crippen LogP contribution in [0.5, 0.6) is 0 Å². The van der Waals surface area contributed by atoms with Crippen molar-refractivity contribution in [1.82, 2.24) is 4.72 Å². The highest BCUT2D eigenvalue weighted by atomic mass is 32.2. The molecule has 1 N–H and O–H groups in total. The van der Waals surface area contributed by atoms with Crippen molar-refractivity contribution in [3.05, 3.63) is 0 Å². The molecule has 0 rings (SSSR count). The average molecular weight is 269 g/mol. The number of alkyl halides is 1. The molecule has 0 saturated carbocycles. The Kier molecular flexibility index (Phi) is 6.71. The van der Waals surface area contributed by atoms with E-state index in [2.05, 4.69) is 4.74 Å². The van der Waals surface area contributed by atoms with Crippen LogP contribution < -0.4 is 4.72 Å². The van der Waals surface area contributed by atoms with Crippen molar-refractivity contribution in [3.63, 3.8) is 0 Å². The largest absolute Gasteiger partial charge is 0.462 e. The fourth-order valence-corrected chi connectivity index (χ4v) is 1.81. The normalized spacial score (nSPS) is 12.9. The number of sulfonamides is 1. The maximum atomic E-state index is 12.3. The maximum absolute atomic E-state index is 12.3. The lowest BCUT2D eigenvalue weighted by Gasteiger charge is -2.07. The van der Waals surface area contributed by atoms with Gasteiger partial charge in [-0.25, -0.2) is 12.8 Å². The molecule has 0 aliphatic heterocycles. The zero-order chi connectivity index (χ0) is 13.5. The summed E-state index contributed by atoms with van der Waals surface area (Å²) in [5.74, 6) is -2.76. The summed E-state index contributed by atoms with van der Waals surface area (Å²) >= 11 is 0. The van der Waals surface area contributed by atoms with Crippen LogP contribution in [0.15, 0.2) is 0 Å². The van der Waals surface area contributed by atoms with Crippen LogP contribution in [0.25, 0.3) is 0 Å². The van der Waals surface area contributed by atoms with Crippen LogP contribution in [0.4, 0.5) is 4.39 Å². The Balaban J connectivity index is 4.17. The third kappa shape index (κ3) is 8.61. The minimum atomic E-state index is -4.05. The Morgan fingerprint density at radius 2 is 2.00 bits per heavy atom. The summed E-state index contributed by atoms with van der Waals surface area (Å²) in [5, 5.41) is 0. The predicted octanol–water partition coefficient (Wildman–Crippen LogP) is 0.134. The van der Waals surface area contributed by atoms with E-state index in [0.717, 1.165) is 0 Å². The first-order valence-corrected chi connectivity index (χ1v) is 6.75. The summed E-state index contributed by atoms with van der Waals surface area (Å²) in [6, 6.07) is 0. The second-order valence-electron chi connectivity index (χ2n) is 3.50. The lowest BCUT2D eigenvalue weighted by molar-refractivity contribution is -0.142. The van der Waals surface area contributed by atoms with Crippen LogP contribution in [0.2, 0.25) is 0 Å². The third-order valence-electron chi connectivity index (χ3n) is 1.53. The monoisotopic (exact) mass is 269 g/mol. The molecular weight excluding hydrogens is 253 g/mol. The molecule has 17 heavy (non-hydrogen) atoms. The highest BCUT2D eigenvalue weighted by Crippen LogP contribution is 1.95. The van der Waals surface area contributed by atoms with Crippen molar-refractivity contribution in [2.24, 2.45) is 0 Å². The van der Waals surface area contributed by atoms with E-state index in [9.17, 15) is 22.4 Å². The summed E-state index contributed by atoms with van der Waals surface area (Å²) in [5.41, 5.74) is 0. The zero-order valence-electron chi connectivity index (χ0n) is 9.73. The second kappa shape index (κ2) is 7.21. The molecule has 0 fully saturated rings. The first kappa shape index (κ1) is 15.8. The molecular formula is C9H16FNO5S. The van der Waals surface area contributed by atoms with Crippen LogP contribution >= 0.6 is 0 Å².